The van der Waals surface area contributed by atoms with Gasteiger partial charge in [0.2, 0.25) is 0 Å². The zero-order valence-electron chi connectivity index (χ0n) is 14.6. The van der Waals surface area contributed by atoms with E-state index in [1.165, 1.54) is 0 Å². The molecule has 3 N–H and O–H groups in total. The number of benzene rings is 1. The van der Waals surface area contributed by atoms with Crippen molar-refractivity contribution in [1.29, 1.82) is 0 Å². The number of hydrogen-bond acceptors (Lipinski definition) is 4. The van der Waals surface area contributed by atoms with Gasteiger partial charge in [-0.1, -0.05) is 46.7 Å². The van der Waals surface area contributed by atoms with Crippen LogP contribution < -0.4 is 0 Å². The van der Waals surface area contributed by atoms with E-state index in [-0.39, 0.29) is 10.8 Å². The van der Waals surface area contributed by atoms with E-state index in [1.807, 2.05) is 53.7 Å². The monoisotopic (exact) mass is 315 g/mol. The Morgan fingerprint density at radius 2 is 1.57 bits per heavy atom. The lowest BCUT2D eigenvalue weighted by Crippen LogP contribution is -2.19. The number of rotatable bonds is 2. The van der Waals surface area contributed by atoms with Crippen LogP contribution in [0.2, 0.25) is 0 Å². The molecule has 0 fully saturated rings. The molecule has 2 aromatic rings. The molecule has 0 bridgehead atoms. The highest BCUT2D eigenvalue weighted by Gasteiger charge is 2.28. The van der Waals surface area contributed by atoms with Crippen LogP contribution in [0.25, 0.3) is 0 Å². The zero-order chi connectivity index (χ0) is 17.4. The number of nitrogens with one attached hydrogen (secondary N) is 1. The molecule has 0 saturated carbocycles. The Bertz CT molecular complexity index is 683. The Balaban J connectivity index is 2.75. The summed E-state index contributed by atoms with van der Waals surface area (Å²) in [4.78, 5) is 7.11. The first kappa shape index (κ1) is 17.1. The molecule has 0 unspecified atom stereocenters. The highest BCUT2D eigenvalue weighted by molar-refractivity contribution is 6.10. The number of aromatic hydroxyl groups is 1. The number of H-pyrrole nitrogens is 1. The molecule has 0 saturated heterocycles. The van der Waals surface area contributed by atoms with Crippen molar-refractivity contribution in [2.24, 2.45) is 5.16 Å². The molecule has 23 heavy (non-hydrogen) atoms. The Morgan fingerprint density at radius 1 is 1.04 bits per heavy atom. The van der Waals surface area contributed by atoms with E-state index in [2.05, 4.69) is 15.1 Å². The topological polar surface area (TPSA) is 81.5 Å². The lowest BCUT2D eigenvalue weighted by Gasteiger charge is -2.28. The summed E-state index contributed by atoms with van der Waals surface area (Å²) in [6.07, 6.45) is 3.28. The third-order valence-electron chi connectivity index (χ3n) is 3.82. The van der Waals surface area contributed by atoms with Crippen molar-refractivity contribution in [3.8, 4) is 5.75 Å². The predicted molar refractivity (Wildman–Crippen MR) is 91.5 cm³/mol. The number of imidazole rings is 1. The Kier molecular flexibility index (Phi) is 4.24. The molecule has 2 rings (SSSR count). The molecule has 0 aliphatic heterocycles. The van der Waals surface area contributed by atoms with Gasteiger partial charge >= 0.3 is 0 Å². The van der Waals surface area contributed by atoms with Gasteiger partial charge in [-0.25, -0.2) is 4.98 Å². The van der Waals surface area contributed by atoms with Crippen molar-refractivity contribution < 1.29 is 10.3 Å². The van der Waals surface area contributed by atoms with Crippen LogP contribution in [0, 0.1) is 0 Å². The normalized spacial score (nSPS) is 13.4. The highest BCUT2D eigenvalue weighted by atomic mass is 16.4. The third-order valence-corrected chi connectivity index (χ3v) is 3.82. The fraction of sp³-hybridized carbons (Fsp3) is 0.444. The minimum absolute atomic E-state index is 0.246. The highest BCUT2D eigenvalue weighted by Crippen LogP contribution is 2.40. The van der Waals surface area contributed by atoms with Crippen LogP contribution in [0.5, 0.6) is 5.75 Å². The summed E-state index contributed by atoms with van der Waals surface area (Å²) in [6, 6.07) is 3.73. The molecule has 5 nitrogen and oxygen atoms in total. The van der Waals surface area contributed by atoms with E-state index in [0.29, 0.717) is 17.3 Å². The van der Waals surface area contributed by atoms with Gasteiger partial charge in [-0.05, 0) is 23.0 Å². The van der Waals surface area contributed by atoms with Gasteiger partial charge in [0, 0.05) is 29.1 Å². The summed E-state index contributed by atoms with van der Waals surface area (Å²) in [5, 5.41) is 23.6. The lowest BCUT2D eigenvalue weighted by atomic mass is 9.78. The van der Waals surface area contributed by atoms with Gasteiger partial charge in [-0.15, -0.1) is 0 Å². The van der Waals surface area contributed by atoms with Crippen LogP contribution >= 0.6 is 0 Å². The number of oxime groups is 1. The average molecular weight is 315 g/mol. The molecule has 0 aliphatic carbocycles. The fourth-order valence-corrected chi connectivity index (χ4v) is 2.55. The molecule has 124 valence electrons. The number of nitrogens with zero attached hydrogens (tertiary/aromatic N) is 2. The standard InChI is InChI=1S/C18H25N3O2/c1-17(2,3)12-9-11(10-13(15(12)22)18(4,5)6)14(21-23)16-19-7-8-20-16/h7-10,22-23H,1-6H3,(H,19,20). The minimum Gasteiger partial charge on any atom is -0.507 e. The maximum absolute atomic E-state index is 10.7. The van der Waals surface area contributed by atoms with Gasteiger partial charge in [0.15, 0.2) is 11.5 Å². The SMILES string of the molecule is CC(C)(C)c1cc(C(=NO)c2ncc[nH]2)cc(C(C)(C)C)c1O. The number of phenols is 1. The molecule has 0 aliphatic rings. The van der Waals surface area contributed by atoms with Gasteiger partial charge in [-0.3, -0.25) is 0 Å². The van der Waals surface area contributed by atoms with E-state index in [4.69, 9.17) is 0 Å². The van der Waals surface area contributed by atoms with Crippen molar-refractivity contribution in [1.82, 2.24) is 9.97 Å². The van der Waals surface area contributed by atoms with Crippen molar-refractivity contribution in [2.75, 3.05) is 0 Å². The van der Waals surface area contributed by atoms with Gasteiger partial charge in [0.1, 0.15) is 5.75 Å². The quantitative estimate of drug-likeness (QED) is 0.446. The molecule has 1 aromatic heterocycles. The zero-order valence-corrected chi connectivity index (χ0v) is 14.6. The first-order valence-electron chi connectivity index (χ1n) is 7.66. The number of hydrogen-bond donors (Lipinski definition) is 3. The summed E-state index contributed by atoms with van der Waals surface area (Å²) in [5.74, 6) is 0.781. The van der Waals surface area contributed by atoms with Gasteiger partial charge in [0.05, 0.1) is 0 Å². The van der Waals surface area contributed by atoms with E-state index in [9.17, 15) is 10.3 Å². The van der Waals surface area contributed by atoms with E-state index >= 15 is 0 Å². The fourth-order valence-electron chi connectivity index (χ4n) is 2.55. The average Bonchev–Trinajstić information content (AvgIpc) is 2.92. The smallest absolute Gasteiger partial charge is 0.160 e. The van der Waals surface area contributed by atoms with Crippen molar-refractivity contribution >= 4 is 5.71 Å². The van der Waals surface area contributed by atoms with E-state index in [0.717, 1.165) is 16.7 Å². The number of phenolic OH excluding ortho intramolecular Hbond substituents is 1. The predicted octanol–water partition coefficient (Wildman–Crippen LogP) is 3.94. The summed E-state index contributed by atoms with van der Waals surface area (Å²) in [7, 11) is 0. The van der Waals surface area contributed by atoms with Crippen LogP contribution in [-0.4, -0.2) is 26.0 Å². The number of aromatic nitrogens is 2. The molecular formula is C18H25N3O2. The largest absolute Gasteiger partial charge is 0.507 e. The van der Waals surface area contributed by atoms with Gasteiger partial charge in [0.25, 0.3) is 0 Å². The molecular weight excluding hydrogens is 290 g/mol. The molecule has 5 heteroatoms. The molecule has 0 amide bonds. The second-order valence-corrected chi connectivity index (χ2v) is 7.81. The van der Waals surface area contributed by atoms with Crippen molar-refractivity contribution in [2.45, 2.75) is 52.4 Å². The lowest BCUT2D eigenvalue weighted by molar-refractivity contribution is 0.319. The molecule has 1 aromatic carbocycles. The van der Waals surface area contributed by atoms with Crippen LogP contribution in [0.4, 0.5) is 0 Å². The van der Waals surface area contributed by atoms with Crippen molar-refractivity contribution in [3.05, 3.63) is 47.0 Å². The van der Waals surface area contributed by atoms with Gasteiger partial charge in [-0.2, -0.15) is 0 Å². The Labute approximate surface area is 137 Å². The summed E-state index contributed by atoms with van der Waals surface area (Å²) < 4.78 is 0. The maximum atomic E-state index is 10.7. The second kappa shape index (κ2) is 5.72. The summed E-state index contributed by atoms with van der Waals surface area (Å²) >= 11 is 0. The molecule has 0 radical (unpaired) electrons. The Morgan fingerprint density at radius 3 is 1.91 bits per heavy atom. The van der Waals surface area contributed by atoms with E-state index < -0.39 is 0 Å². The summed E-state index contributed by atoms with van der Waals surface area (Å²) in [5.41, 5.74) is 2.20. The van der Waals surface area contributed by atoms with Crippen LogP contribution in [0.15, 0.2) is 29.7 Å². The number of aromatic amines is 1. The first-order valence-corrected chi connectivity index (χ1v) is 7.66. The Hall–Kier alpha value is -2.30. The van der Waals surface area contributed by atoms with E-state index in [1.54, 1.807) is 12.4 Å². The maximum Gasteiger partial charge on any atom is 0.160 e. The van der Waals surface area contributed by atoms with Gasteiger partial charge < -0.3 is 15.3 Å². The minimum atomic E-state index is -0.246. The molecule has 0 spiro atoms. The second-order valence-electron chi connectivity index (χ2n) is 7.81. The third kappa shape index (κ3) is 3.38. The molecule has 1 heterocycles. The van der Waals surface area contributed by atoms with Crippen molar-refractivity contribution in [3.63, 3.8) is 0 Å². The van der Waals surface area contributed by atoms with Crippen LogP contribution in [0.1, 0.15) is 64.1 Å². The summed E-state index contributed by atoms with van der Waals surface area (Å²) in [6.45, 7) is 12.3. The molecule has 0 atom stereocenters. The van der Waals surface area contributed by atoms with Crippen LogP contribution in [-0.2, 0) is 10.8 Å². The van der Waals surface area contributed by atoms with Crippen LogP contribution in [0.3, 0.4) is 0 Å². The first-order chi connectivity index (χ1) is 10.6.